The van der Waals surface area contributed by atoms with Crippen molar-refractivity contribution in [1.82, 2.24) is 14.4 Å². The second kappa shape index (κ2) is 15.3. The molecular formula is C33H46N4O3. The van der Waals surface area contributed by atoms with Crippen molar-refractivity contribution in [3.63, 3.8) is 0 Å². The van der Waals surface area contributed by atoms with E-state index in [1.807, 2.05) is 72.1 Å². The number of carbonyl (C=O) groups is 2. The van der Waals surface area contributed by atoms with Crippen LogP contribution in [0.3, 0.4) is 0 Å². The number of rotatable bonds is 14. The summed E-state index contributed by atoms with van der Waals surface area (Å²) < 4.78 is 7.56. The molecule has 2 aromatic carbocycles. The quantitative estimate of drug-likeness (QED) is 0.227. The third-order valence-corrected chi connectivity index (χ3v) is 7.11. The summed E-state index contributed by atoms with van der Waals surface area (Å²) >= 11 is 0. The molecule has 1 heterocycles. The summed E-state index contributed by atoms with van der Waals surface area (Å²) in [5.41, 5.74) is 5.11. The average Bonchev–Trinajstić information content (AvgIpc) is 3.34. The number of aryl methyl sites for hydroxylation is 1. The second-order valence-electron chi connectivity index (χ2n) is 10.9. The molecule has 7 nitrogen and oxygen atoms in total. The van der Waals surface area contributed by atoms with Gasteiger partial charge >= 0.3 is 6.03 Å². The summed E-state index contributed by atoms with van der Waals surface area (Å²) in [5.74, 6) is 0.389. The predicted molar refractivity (Wildman–Crippen MR) is 162 cm³/mol. The molecule has 0 fully saturated rings. The minimum Gasteiger partial charge on any atom is -0.382 e. The van der Waals surface area contributed by atoms with Crippen LogP contribution in [0.25, 0.3) is 0 Å². The number of nitrogens with zero attached hydrogens (tertiary/aromatic N) is 3. The maximum atomic E-state index is 13.9. The van der Waals surface area contributed by atoms with Crippen LogP contribution >= 0.6 is 0 Å². The molecule has 216 valence electrons. The second-order valence-corrected chi connectivity index (χ2v) is 10.9. The third kappa shape index (κ3) is 8.71. The molecule has 3 aromatic rings. The van der Waals surface area contributed by atoms with Crippen LogP contribution in [0.2, 0.25) is 0 Å². The Morgan fingerprint density at radius 3 is 2.12 bits per heavy atom. The Labute approximate surface area is 240 Å². The largest absolute Gasteiger partial charge is 0.382 e. The van der Waals surface area contributed by atoms with E-state index in [0.717, 1.165) is 28.1 Å². The SMILES string of the molecule is CCOCCCN(CC(=O)N(Cc1ccccc1)Cc1cccn1C)C(=O)Nc1c(C(C)C)cccc1C(C)C. The van der Waals surface area contributed by atoms with Gasteiger partial charge in [-0.25, -0.2) is 4.79 Å². The topological polar surface area (TPSA) is 66.8 Å². The zero-order valence-corrected chi connectivity index (χ0v) is 25.0. The van der Waals surface area contributed by atoms with E-state index in [2.05, 4.69) is 51.2 Å². The van der Waals surface area contributed by atoms with Crippen molar-refractivity contribution < 1.29 is 14.3 Å². The zero-order valence-electron chi connectivity index (χ0n) is 25.0. The highest BCUT2D eigenvalue weighted by Gasteiger charge is 2.24. The molecular weight excluding hydrogens is 500 g/mol. The number of carbonyl (C=O) groups excluding carboxylic acids is 2. The van der Waals surface area contributed by atoms with Crippen molar-refractivity contribution in [2.45, 2.75) is 66.0 Å². The lowest BCUT2D eigenvalue weighted by molar-refractivity contribution is -0.133. The lowest BCUT2D eigenvalue weighted by Crippen LogP contribution is -2.45. The van der Waals surface area contributed by atoms with Crippen LogP contribution in [0.15, 0.2) is 66.9 Å². The molecule has 0 aliphatic rings. The Morgan fingerprint density at radius 1 is 0.875 bits per heavy atom. The van der Waals surface area contributed by atoms with Gasteiger partial charge in [0.05, 0.1) is 6.54 Å². The van der Waals surface area contributed by atoms with Crippen molar-refractivity contribution in [1.29, 1.82) is 0 Å². The van der Waals surface area contributed by atoms with Crippen molar-refractivity contribution >= 4 is 17.6 Å². The van der Waals surface area contributed by atoms with Crippen molar-refractivity contribution in [3.05, 3.63) is 89.2 Å². The summed E-state index contributed by atoms with van der Waals surface area (Å²) in [6.07, 6.45) is 2.63. The fourth-order valence-electron chi connectivity index (χ4n) is 4.79. The Balaban J connectivity index is 1.86. The number of para-hydroxylation sites is 1. The van der Waals surface area contributed by atoms with E-state index in [0.29, 0.717) is 39.3 Å². The van der Waals surface area contributed by atoms with Crippen LogP contribution in [0, 0.1) is 0 Å². The molecule has 1 aromatic heterocycles. The smallest absolute Gasteiger partial charge is 0.322 e. The lowest BCUT2D eigenvalue weighted by atomic mass is 9.93. The summed E-state index contributed by atoms with van der Waals surface area (Å²) in [7, 11) is 1.98. The first-order valence-corrected chi connectivity index (χ1v) is 14.4. The number of nitrogens with one attached hydrogen (secondary N) is 1. The molecule has 40 heavy (non-hydrogen) atoms. The number of urea groups is 1. The number of amides is 3. The van der Waals surface area contributed by atoms with Gasteiger partial charge in [-0.05, 0) is 54.0 Å². The van der Waals surface area contributed by atoms with Gasteiger partial charge in [0.15, 0.2) is 0 Å². The maximum Gasteiger partial charge on any atom is 0.322 e. The Bertz CT molecular complexity index is 1190. The van der Waals surface area contributed by atoms with Gasteiger partial charge in [0.25, 0.3) is 0 Å². The Morgan fingerprint density at radius 2 is 1.55 bits per heavy atom. The van der Waals surface area contributed by atoms with E-state index < -0.39 is 0 Å². The van der Waals surface area contributed by atoms with Crippen molar-refractivity contribution in [2.24, 2.45) is 7.05 Å². The Hall–Kier alpha value is -3.58. The fourth-order valence-corrected chi connectivity index (χ4v) is 4.79. The van der Waals surface area contributed by atoms with E-state index in [1.54, 1.807) is 4.90 Å². The normalized spacial score (nSPS) is 11.2. The summed E-state index contributed by atoms with van der Waals surface area (Å²) in [6, 6.07) is 19.9. The molecule has 0 saturated carbocycles. The Kier molecular flexibility index (Phi) is 11.8. The molecule has 7 heteroatoms. The van der Waals surface area contributed by atoms with Crippen LogP contribution < -0.4 is 5.32 Å². The minimum absolute atomic E-state index is 0.0178. The number of anilines is 1. The van der Waals surface area contributed by atoms with Crippen LogP contribution in [0.4, 0.5) is 10.5 Å². The minimum atomic E-state index is -0.265. The van der Waals surface area contributed by atoms with E-state index in [4.69, 9.17) is 4.74 Å². The molecule has 3 rings (SSSR count). The molecule has 0 saturated heterocycles. The highest BCUT2D eigenvalue weighted by molar-refractivity contribution is 5.94. The molecule has 1 N–H and O–H groups in total. The van der Waals surface area contributed by atoms with Crippen molar-refractivity contribution in [2.75, 3.05) is 31.6 Å². The van der Waals surface area contributed by atoms with Crippen molar-refractivity contribution in [3.8, 4) is 0 Å². The van der Waals surface area contributed by atoms with Crippen LogP contribution in [-0.4, -0.2) is 52.6 Å². The first-order valence-electron chi connectivity index (χ1n) is 14.4. The molecule has 0 atom stereocenters. The van der Waals surface area contributed by atoms with Gasteiger partial charge in [-0.15, -0.1) is 0 Å². The number of hydrogen-bond acceptors (Lipinski definition) is 3. The van der Waals surface area contributed by atoms with Gasteiger partial charge in [0.2, 0.25) is 5.91 Å². The summed E-state index contributed by atoms with van der Waals surface area (Å²) in [4.78, 5) is 31.1. The molecule has 0 unspecified atom stereocenters. The number of hydrogen-bond donors (Lipinski definition) is 1. The van der Waals surface area contributed by atoms with Gasteiger partial charge in [-0.3, -0.25) is 4.79 Å². The van der Waals surface area contributed by atoms with E-state index in [1.165, 1.54) is 0 Å². The van der Waals surface area contributed by atoms with Crippen LogP contribution in [0.5, 0.6) is 0 Å². The maximum absolute atomic E-state index is 13.9. The molecule has 0 bridgehead atoms. The van der Waals surface area contributed by atoms with E-state index in [9.17, 15) is 9.59 Å². The number of benzene rings is 2. The van der Waals surface area contributed by atoms with E-state index in [-0.39, 0.29) is 30.3 Å². The fraction of sp³-hybridized carbons (Fsp3) is 0.455. The third-order valence-electron chi connectivity index (χ3n) is 7.11. The standard InChI is InChI=1S/C33H46N4O3/c1-7-40-21-13-20-36(33(39)34-32-29(25(2)3)17-11-18-30(32)26(4)5)24-31(38)37(22-27-14-9-8-10-15-27)23-28-16-12-19-35(28)6/h8-12,14-19,25-26H,7,13,20-24H2,1-6H3,(H,34,39). The molecule has 0 aliphatic carbocycles. The van der Waals surface area contributed by atoms with Gasteiger partial charge in [0.1, 0.15) is 6.54 Å². The number of aromatic nitrogens is 1. The van der Waals surface area contributed by atoms with Gasteiger partial charge in [0, 0.05) is 50.9 Å². The summed E-state index contributed by atoms with van der Waals surface area (Å²) in [5, 5.41) is 3.20. The first-order chi connectivity index (χ1) is 19.2. The summed E-state index contributed by atoms with van der Waals surface area (Å²) in [6.45, 7) is 12.9. The van der Waals surface area contributed by atoms with Gasteiger partial charge < -0.3 is 24.4 Å². The lowest BCUT2D eigenvalue weighted by Gasteiger charge is -2.29. The molecule has 0 aliphatic heterocycles. The van der Waals surface area contributed by atoms with Crippen LogP contribution in [-0.2, 0) is 29.7 Å². The monoisotopic (exact) mass is 546 g/mol. The molecule has 0 radical (unpaired) electrons. The van der Waals surface area contributed by atoms with Gasteiger partial charge in [-0.2, -0.15) is 0 Å². The predicted octanol–water partition coefficient (Wildman–Crippen LogP) is 6.76. The van der Waals surface area contributed by atoms with E-state index >= 15 is 0 Å². The first kappa shape index (κ1) is 31.0. The number of ether oxygens (including phenoxy) is 1. The highest BCUT2D eigenvalue weighted by atomic mass is 16.5. The van der Waals surface area contributed by atoms with Crippen LogP contribution in [0.1, 0.15) is 75.3 Å². The highest BCUT2D eigenvalue weighted by Crippen LogP contribution is 2.32. The zero-order chi connectivity index (χ0) is 29.1. The average molecular weight is 547 g/mol. The molecule has 3 amide bonds. The van der Waals surface area contributed by atoms with Gasteiger partial charge in [-0.1, -0.05) is 76.2 Å². The molecule has 0 spiro atoms.